The maximum Gasteiger partial charge on any atom is 0.410 e. The van der Waals surface area contributed by atoms with Gasteiger partial charge in [0.15, 0.2) is 5.96 Å². The molecule has 0 aromatic heterocycles. The van der Waals surface area contributed by atoms with E-state index in [0.717, 1.165) is 25.2 Å². The van der Waals surface area contributed by atoms with Crippen LogP contribution in [0.4, 0.5) is 4.79 Å². The van der Waals surface area contributed by atoms with Gasteiger partial charge in [-0.1, -0.05) is 6.92 Å². The summed E-state index contributed by atoms with van der Waals surface area (Å²) in [6, 6.07) is 0.336. The van der Waals surface area contributed by atoms with Gasteiger partial charge in [0.1, 0.15) is 5.60 Å². The minimum absolute atomic E-state index is 0.263. The first-order valence-corrected chi connectivity index (χ1v) is 9.43. The Hall–Kier alpha value is -1.50. The number of rotatable bonds is 6. The largest absolute Gasteiger partial charge is 0.444 e. The molecule has 3 unspecified atom stereocenters. The lowest BCUT2D eigenvalue weighted by molar-refractivity contribution is 0.0253. The molecule has 7 heteroatoms. The molecule has 0 saturated carbocycles. The third-order valence-corrected chi connectivity index (χ3v) is 4.47. The maximum atomic E-state index is 12.3. The van der Waals surface area contributed by atoms with Crippen molar-refractivity contribution >= 4 is 12.1 Å². The average Bonchev–Trinajstić information content (AvgIpc) is 3.14. The van der Waals surface area contributed by atoms with Gasteiger partial charge >= 0.3 is 6.09 Å². The zero-order valence-corrected chi connectivity index (χ0v) is 16.3. The fraction of sp³-hybridized carbons (Fsp3) is 0.889. The van der Waals surface area contributed by atoms with Gasteiger partial charge in [0, 0.05) is 26.7 Å². The van der Waals surface area contributed by atoms with Crippen molar-refractivity contribution in [1.82, 2.24) is 15.5 Å². The first-order valence-electron chi connectivity index (χ1n) is 9.43. The quantitative estimate of drug-likeness (QED) is 0.564. The van der Waals surface area contributed by atoms with Crippen molar-refractivity contribution in [2.75, 3.05) is 26.7 Å². The number of hydrogen-bond acceptors (Lipinski definition) is 4. The van der Waals surface area contributed by atoms with Crippen molar-refractivity contribution in [2.24, 2.45) is 4.99 Å². The minimum atomic E-state index is -0.476. The van der Waals surface area contributed by atoms with Crippen LogP contribution in [0.3, 0.4) is 0 Å². The van der Waals surface area contributed by atoms with Gasteiger partial charge in [-0.3, -0.25) is 4.99 Å². The van der Waals surface area contributed by atoms with Crippen molar-refractivity contribution in [3.63, 3.8) is 0 Å². The Balaban J connectivity index is 1.76. The zero-order chi connectivity index (χ0) is 18.4. The summed E-state index contributed by atoms with van der Waals surface area (Å²) >= 11 is 0. The Kier molecular flexibility index (Phi) is 6.93. The van der Waals surface area contributed by atoms with Crippen molar-refractivity contribution in [3.8, 4) is 0 Å². The Morgan fingerprint density at radius 3 is 2.60 bits per heavy atom. The van der Waals surface area contributed by atoms with Crippen molar-refractivity contribution in [2.45, 2.75) is 77.2 Å². The van der Waals surface area contributed by atoms with E-state index in [9.17, 15) is 4.79 Å². The van der Waals surface area contributed by atoms with E-state index in [4.69, 9.17) is 9.47 Å². The molecule has 2 N–H and O–H groups in total. The Bertz CT molecular complexity index is 475. The maximum absolute atomic E-state index is 12.3. The number of amides is 1. The second-order valence-electron chi connectivity index (χ2n) is 7.83. The topological polar surface area (TPSA) is 75.2 Å². The van der Waals surface area contributed by atoms with Gasteiger partial charge in [-0.05, 0) is 46.5 Å². The molecule has 2 rings (SSSR count). The van der Waals surface area contributed by atoms with Crippen LogP contribution in [-0.2, 0) is 9.47 Å². The highest BCUT2D eigenvalue weighted by atomic mass is 16.6. The first-order chi connectivity index (χ1) is 11.8. The molecule has 2 saturated heterocycles. The summed E-state index contributed by atoms with van der Waals surface area (Å²) in [5.41, 5.74) is -0.476. The van der Waals surface area contributed by atoms with Gasteiger partial charge in [-0.15, -0.1) is 0 Å². The number of hydrogen-bond donors (Lipinski definition) is 2. The van der Waals surface area contributed by atoms with E-state index in [0.29, 0.717) is 37.9 Å². The van der Waals surface area contributed by atoms with E-state index < -0.39 is 5.60 Å². The minimum Gasteiger partial charge on any atom is -0.444 e. The van der Waals surface area contributed by atoms with Crippen LogP contribution in [0.2, 0.25) is 0 Å². The van der Waals surface area contributed by atoms with E-state index in [-0.39, 0.29) is 6.09 Å². The lowest BCUT2D eigenvalue weighted by Gasteiger charge is -2.28. The average molecular weight is 354 g/mol. The molecule has 3 atom stereocenters. The highest BCUT2D eigenvalue weighted by Crippen LogP contribution is 2.34. The lowest BCUT2D eigenvalue weighted by Crippen LogP contribution is -2.49. The predicted octanol–water partition coefficient (Wildman–Crippen LogP) is 2.12. The van der Waals surface area contributed by atoms with Gasteiger partial charge in [0.05, 0.1) is 18.2 Å². The van der Waals surface area contributed by atoms with E-state index >= 15 is 0 Å². The van der Waals surface area contributed by atoms with E-state index in [1.54, 1.807) is 11.9 Å². The number of guanidine groups is 1. The van der Waals surface area contributed by atoms with Crippen molar-refractivity contribution < 1.29 is 14.3 Å². The smallest absolute Gasteiger partial charge is 0.410 e. The second kappa shape index (κ2) is 8.74. The molecule has 25 heavy (non-hydrogen) atoms. The molecular formula is C18H34N4O3. The molecule has 2 aliphatic rings. The molecule has 0 radical (unpaired) electrons. The van der Waals surface area contributed by atoms with Gasteiger partial charge in [-0.25, -0.2) is 4.79 Å². The normalized spacial score (nSPS) is 25.8. The van der Waals surface area contributed by atoms with Crippen LogP contribution >= 0.6 is 0 Å². The van der Waals surface area contributed by atoms with E-state index in [1.807, 2.05) is 20.8 Å². The summed E-state index contributed by atoms with van der Waals surface area (Å²) in [7, 11) is 1.76. The van der Waals surface area contributed by atoms with Crippen LogP contribution in [0.5, 0.6) is 0 Å². The van der Waals surface area contributed by atoms with Crippen LogP contribution in [0.25, 0.3) is 0 Å². The zero-order valence-electron chi connectivity index (χ0n) is 16.3. The molecule has 2 aliphatic heterocycles. The summed E-state index contributed by atoms with van der Waals surface area (Å²) in [5, 5.41) is 6.75. The van der Waals surface area contributed by atoms with Gasteiger partial charge in [-0.2, -0.15) is 0 Å². The number of nitrogens with one attached hydrogen (secondary N) is 2. The SMILES string of the molecule is CCCN(CCNC(=NC)NC1CC2CCC1O2)C(=O)OC(C)(C)C. The predicted molar refractivity (Wildman–Crippen MR) is 98.9 cm³/mol. The Morgan fingerprint density at radius 2 is 2.08 bits per heavy atom. The molecule has 0 spiro atoms. The number of carbonyl (C=O) groups is 1. The third kappa shape index (κ3) is 6.06. The molecule has 2 fully saturated rings. The number of aliphatic imine (C=N–C) groups is 1. The first kappa shape index (κ1) is 19.8. The van der Waals surface area contributed by atoms with Crippen LogP contribution in [0, 0.1) is 0 Å². The summed E-state index contributed by atoms with van der Waals surface area (Å²) in [6.07, 6.45) is 4.70. The molecule has 7 nitrogen and oxygen atoms in total. The Labute approximate surface area is 151 Å². The van der Waals surface area contributed by atoms with Crippen LogP contribution < -0.4 is 10.6 Å². The summed E-state index contributed by atoms with van der Waals surface area (Å²) in [6.45, 7) is 9.60. The van der Waals surface area contributed by atoms with E-state index in [1.165, 1.54) is 6.42 Å². The molecule has 2 bridgehead atoms. The van der Waals surface area contributed by atoms with Crippen LogP contribution in [0.1, 0.15) is 53.4 Å². The Morgan fingerprint density at radius 1 is 1.32 bits per heavy atom. The van der Waals surface area contributed by atoms with Crippen LogP contribution in [-0.4, -0.2) is 67.5 Å². The monoisotopic (exact) mass is 354 g/mol. The molecular weight excluding hydrogens is 320 g/mol. The standard InChI is InChI=1S/C18H34N4O3/c1-6-10-22(17(23)25-18(2,3)4)11-9-20-16(19-5)21-14-12-13-7-8-15(14)24-13/h13-15H,6-12H2,1-5H3,(H2,19,20,21). The summed E-state index contributed by atoms with van der Waals surface area (Å²) in [4.78, 5) is 18.3. The fourth-order valence-electron chi connectivity index (χ4n) is 3.36. The highest BCUT2D eigenvalue weighted by molar-refractivity contribution is 5.80. The van der Waals surface area contributed by atoms with Gasteiger partial charge < -0.3 is 25.0 Å². The van der Waals surface area contributed by atoms with Gasteiger partial charge in [0.25, 0.3) is 0 Å². The molecule has 0 aromatic rings. The number of carbonyl (C=O) groups excluding carboxylic acids is 1. The van der Waals surface area contributed by atoms with Crippen molar-refractivity contribution in [3.05, 3.63) is 0 Å². The summed E-state index contributed by atoms with van der Waals surface area (Å²) in [5.74, 6) is 0.766. The summed E-state index contributed by atoms with van der Waals surface area (Å²) < 4.78 is 11.3. The van der Waals surface area contributed by atoms with Gasteiger partial charge in [0.2, 0.25) is 0 Å². The third-order valence-electron chi connectivity index (χ3n) is 4.47. The molecule has 144 valence electrons. The fourth-order valence-corrected chi connectivity index (χ4v) is 3.36. The number of nitrogens with zero attached hydrogens (tertiary/aromatic N) is 2. The van der Waals surface area contributed by atoms with Crippen molar-refractivity contribution in [1.29, 1.82) is 0 Å². The number of fused-ring (bicyclic) bond motifs is 2. The highest BCUT2D eigenvalue weighted by Gasteiger charge is 2.41. The lowest BCUT2D eigenvalue weighted by atomic mass is 9.96. The molecule has 0 aliphatic carbocycles. The number of ether oxygens (including phenoxy) is 2. The second-order valence-corrected chi connectivity index (χ2v) is 7.83. The van der Waals surface area contributed by atoms with E-state index in [2.05, 4.69) is 22.5 Å². The molecule has 0 aromatic carbocycles. The van der Waals surface area contributed by atoms with Crippen LogP contribution in [0.15, 0.2) is 4.99 Å². The molecule has 1 amide bonds. The molecule has 2 heterocycles.